The standard InChI is InChI=1S/C20H19N5O4/c1-24-15-8-7-11(9-16(15)25(2)20(24)29)21-17(26)10-14-19(28)22-13-6-4-3-5-12(13)18(27)23-14/h3-9,14H,10H2,1-2H3,(H,21,26)(H,22,28)(H,23,27). The number of hydrogen-bond donors (Lipinski definition) is 3. The fourth-order valence-electron chi connectivity index (χ4n) is 3.44. The van der Waals surface area contributed by atoms with Gasteiger partial charge in [0.25, 0.3) is 5.91 Å². The summed E-state index contributed by atoms with van der Waals surface area (Å²) in [6, 6.07) is 10.8. The summed E-state index contributed by atoms with van der Waals surface area (Å²) in [6.45, 7) is 0. The lowest BCUT2D eigenvalue weighted by atomic mass is 10.1. The molecule has 1 atom stereocenters. The quantitative estimate of drug-likeness (QED) is 0.615. The number of amides is 3. The number of imidazole rings is 1. The fraction of sp³-hybridized carbons (Fsp3) is 0.200. The SMILES string of the molecule is Cn1c(=O)n(C)c2cc(NC(=O)CC3NC(=O)c4ccccc4NC3=O)ccc21. The number of fused-ring (bicyclic) bond motifs is 2. The first kappa shape index (κ1) is 18.5. The molecule has 0 bridgehead atoms. The molecular weight excluding hydrogens is 374 g/mol. The van der Waals surface area contributed by atoms with Crippen LogP contribution in [-0.2, 0) is 23.7 Å². The van der Waals surface area contributed by atoms with Gasteiger partial charge in [0.15, 0.2) is 0 Å². The molecule has 9 nitrogen and oxygen atoms in total. The van der Waals surface area contributed by atoms with Crippen molar-refractivity contribution in [2.24, 2.45) is 14.1 Å². The second kappa shape index (κ2) is 6.93. The molecule has 0 saturated heterocycles. The molecule has 2 aromatic carbocycles. The van der Waals surface area contributed by atoms with E-state index in [-0.39, 0.29) is 12.1 Å². The van der Waals surface area contributed by atoms with E-state index in [4.69, 9.17) is 0 Å². The van der Waals surface area contributed by atoms with E-state index in [9.17, 15) is 19.2 Å². The van der Waals surface area contributed by atoms with Gasteiger partial charge in [-0.05, 0) is 30.3 Å². The highest BCUT2D eigenvalue weighted by Gasteiger charge is 2.29. The molecule has 3 N–H and O–H groups in total. The van der Waals surface area contributed by atoms with Gasteiger partial charge in [-0.3, -0.25) is 23.5 Å². The Morgan fingerprint density at radius 2 is 1.76 bits per heavy atom. The number of carbonyl (C=O) groups excluding carboxylic acids is 3. The first-order valence-corrected chi connectivity index (χ1v) is 9.01. The summed E-state index contributed by atoms with van der Waals surface area (Å²) in [4.78, 5) is 49.3. The molecule has 1 unspecified atom stereocenters. The van der Waals surface area contributed by atoms with E-state index in [0.29, 0.717) is 22.5 Å². The van der Waals surface area contributed by atoms with Crippen molar-refractivity contribution in [2.45, 2.75) is 12.5 Å². The van der Waals surface area contributed by atoms with Crippen molar-refractivity contribution in [1.82, 2.24) is 14.5 Å². The van der Waals surface area contributed by atoms with Crippen LogP contribution >= 0.6 is 0 Å². The predicted octanol–water partition coefficient (Wildman–Crippen LogP) is 0.956. The summed E-state index contributed by atoms with van der Waals surface area (Å²) >= 11 is 0. The maximum atomic E-state index is 12.5. The minimum Gasteiger partial charge on any atom is -0.340 e. The van der Waals surface area contributed by atoms with Crippen LogP contribution in [-0.4, -0.2) is 32.9 Å². The van der Waals surface area contributed by atoms with Crippen LogP contribution in [0.3, 0.4) is 0 Å². The van der Waals surface area contributed by atoms with Gasteiger partial charge < -0.3 is 16.0 Å². The summed E-state index contributed by atoms with van der Waals surface area (Å²) < 4.78 is 3.01. The fourth-order valence-corrected chi connectivity index (χ4v) is 3.44. The zero-order chi connectivity index (χ0) is 20.7. The van der Waals surface area contributed by atoms with Crippen molar-refractivity contribution >= 4 is 40.1 Å². The summed E-state index contributed by atoms with van der Waals surface area (Å²) in [6.07, 6.45) is -0.225. The van der Waals surface area contributed by atoms with Crippen LogP contribution in [0.2, 0.25) is 0 Å². The monoisotopic (exact) mass is 393 g/mol. The largest absolute Gasteiger partial charge is 0.340 e. The molecule has 2 heterocycles. The molecule has 0 saturated carbocycles. The van der Waals surface area contributed by atoms with Crippen LogP contribution in [0.5, 0.6) is 0 Å². The first-order chi connectivity index (χ1) is 13.8. The number of anilines is 2. The molecule has 9 heteroatoms. The van der Waals surface area contributed by atoms with Gasteiger partial charge in [-0.2, -0.15) is 0 Å². The van der Waals surface area contributed by atoms with Gasteiger partial charge in [0.2, 0.25) is 11.8 Å². The third kappa shape index (κ3) is 3.27. The Morgan fingerprint density at radius 3 is 2.55 bits per heavy atom. The molecular formula is C20H19N5O4. The molecule has 29 heavy (non-hydrogen) atoms. The van der Waals surface area contributed by atoms with Crippen LogP contribution in [0.1, 0.15) is 16.8 Å². The van der Waals surface area contributed by atoms with Crippen molar-refractivity contribution in [2.75, 3.05) is 10.6 Å². The summed E-state index contributed by atoms with van der Waals surface area (Å²) in [5, 5.41) is 7.98. The molecule has 4 rings (SSSR count). The molecule has 3 aromatic rings. The topological polar surface area (TPSA) is 114 Å². The second-order valence-corrected chi connectivity index (χ2v) is 6.92. The van der Waals surface area contributed by atoms with Crippen molar-refractivity contribution in [3.63, 3.8) is 0 Å². The lowest BCUT2D eigenvalue weighted by molar-refractivity contribution is -0.122. The van der Waals surface area contributed by atoms with Crippen LogP contribution < -0.4 is 21.6 Å². The Hall–Kier alpha value is -3.88. The Bertz CT molecular complexity index is 1220. The number of carbonyl (C=O) groups is 3. The molecule has 1 aliphatic heterocycles. The Balaban J connectivity index is 1.51. The Morgan fingerprint density at radius 1 is 1.03 bits per heavy atom. The number of hydrogen-bond acceptors (Lipinski definition) is 4. The maximum absolute atomic E-state index is 12.5. The minimum atomic E-state index is -1.00. The van der Waals surface area contributed by atoms with E-state index in [0.717, 1.165) is 5.52 Å². The van der Waals surface area contributed by atoms with Crippen molar-refractivity contribution in [3.8, 4) is 0 Å². The smallest absolute Gasteiger partial charge is 0.328 e. The third-order valence-electron chi connectivity index (χ3n) is 5.00. The van der Waals surface area contributed by atoms with Gasteiger partial charge in [-0.1, -0.05) is 12.1 Å². The molecule has 3 amide bonds. The third-order valence-corrected chi connectivity index (χ3v) is 5.00. The molecule has 0 fully saturated rings. The van der Waals surface area contributed by atoms with Crippen LogP contribution in [0, 0.1) is 0 Å². The van der Waals surface area contributed by atoms with Crippen molar-refractivity contribution in [1.29, 1.82) is 0 Å². The van der Waals surface area contributed by atoms with Crippen LogP contribution in [0.15, 0.2) is 47.3 Å². The van der Waals surface area contributed by atoms with Crippen molar-refractivity contribution < 1.29 is 14.4 Å². The highest BCUT2D eigenvalue weighted by Crippen LogP contribution is 2.20. The number of aryl methyl sites for hydroxylation is 2. The average Bonchev–Trinajstić information content (AvgIpc) is 2.83. The lowest BCUT2D eigenvalue weighted by Crippen LogP contribution is -2.43. The first-order valence-electron chi connectivity index (χ1n) is 9.01. The van der Waals surface area contributed by atoms with E-state index in [1.807, 2.05) is 0 Å². The van der Waals surface area contributed by atoms with Gasteiger partial charge in [-0.25, -0.2) is 4.79 Å². The molecule has 0 spiro atoms. The van der Waals surface area contributed by atoms with Crippen LogP contribution in [0.25, 0.3) is 11.0 Å². The van der Waals surface area contributed by atoms with E-state index in [1.54, 1.807) is 56.6 Å². The van der Waals surface area contributed by atoms with E-state index in [1.165, 1.54) is 9.13 Å². The maximum Gasteiger partial charge on any atom is 0.328 e. The van der Waals surface area contributed by atoms with E-state index < -0.39 is 23.8 Å². The summed E-state index contributed by atoms with van der Waals surface area (Å²) in [7, 11) is 3.33. The molecule has 148 valence electrons. The van der Waals surface area contributed by atoms with Crippen LogP contribution in [0.4, 0.5) is 11.4 Å². The number of rotatable bonds is 3. The molecule has 1 aliphatic rings. The van der Waals surface area contributed by atoms with E-state index >= 15 is 0 Å². The van der Waals surface area contributed by atoms with Gasteiger partial charge in [0.05, 0.1) is 28.7 Å². The zero-order valence-electron chi connectivity index (χ0n) is 15.9. The zero-order valence-corrected chi connectivity index (χ0v) is 15.9. The number of aromatic nitrogens is 2. The Kier molecular flexibility index (Phi) is 4.42. The average molecular weight is 393 g/mol. The van der Waals surface area contributed by atoms with Gasteiger partial charge in [0.1, 0.15) is 6.04 Å². The highest BCUT2D eigenvalue weighted by molar-refractivity contribution is 6.11. The van der Waals surface area contributed by atoms with Gasteiger partial charge in [-0.15, -0.1) is 0 Å². The highest BCUT2D eigenvalue weighted by atomic mass is 16.2. The normalized spacial score (nSPS) is 16.0. The number of benzene rings is 2. The van der Waals surface area contributed by atoms with Crippen molar-refractivity contribution in [3.05, 3.63) is 58.5 Å². The van der Waals surface area contributed by atoms with E-state index in [2.05, 4.69) is 16.0 Å². The van der Waals surface area contributed by atoms with Gasteiger partial charge >= 0.3 is 5.69 Å². The second-order valence-electron chi connectivity index (χ2n) is 6.92. The van der Waals surface area contributed by atoms with Gasteiger partial charge in [0, 0.05) is 19.8 Å². The molecule has 0 aliphatic carbocycles. The predicted molar refractivity (Wildman–Crippen MR) is 108 cm³/mol. The Labute approximate surface area is 165 Å². The number of nitrogens with one attached hydrogen (secondary N) is 3. The number of nitrogens with zero attached hydrogens (tertiary/aromatic N) is 2. The number of para-hydroxylation sites is 1. The molecule has 0 radical (unpaired) electrons. The summed E-state index contributed by atoms with van der Waals surface area (Å²) in [5.41, 5.74) is 2.50. The summed E-state index contributed by atoms with van der Waals surface area (Å²) in [5.74, 6) is -1.31. The minimum absolute atomic E-state index is 0.166. The molecule has 1 aromatic heterocycles. The lowest BCUT2D eigenvalue weighted by Gasteiger charge is -2.14.